The average Bonchev–Trinajstić information content (AvgIpc) is 2.84. The highest BCUT2D eigenvalue weighted by atomic mass is 79.9. The highest BCUT2D eigenvalue weighted by molar-refractivity contribution is 9.10. The quantitative estimate of drug-likeness (QED) is 0.799. The summed E-state index contributed by atoms with van der Waals surface area (Å²) in [5.74, 6) is 0. The van der Waals surface area contributed by atoms with Crippen LogP contribution >= 0.6 is 27.3 Å². The summed E-state index contributed by atoms with van der Waals surface area (Å²) in [7, 11) is 2.15. The number of halogens is 1. The molecule has 114 valence electrons. The molecule has 4 heteroatoms. The molecule has 0 saturated carbocycles. The van der Waals surface area contributed by atoms with Crippen molar-refractivity contribution < 1.29 is 0 Å². The van der Waals surface area contributed by atoms with Gasteiger partial charge in [0.05, 0.1) is 6.54 Å². The monoisotopic (exact) mass is 366 g/mol. The number of anilines is 1. The van der Waals surface area contributed by atoms with Crippen molar-refractivity contribution in [2.24, 2.45) is 5.73 Å². The normalized spacial score (nSPS) is 12.4. The molecule has 1 atom stereocenters. The van der Waals surface area contributed by atoms with Gasteiger partial charge in [0.2, 0.25) is 0 Å². The Hall–Kier alpha value is -0.840. The summed E-state index contributed by atoms with van der Waals surface area (Å²) >= 11 is 5.31. The van der Waals surface area contributed by atoms with Crippen molar-refractivity contribution in [1.82, 2.24) is 0 Å². The Morgan fingerprint density at radius 1 is 1.33 bits per heavy atom. The van der Waals surface area contributed by atoms with Crippen LogP contribution in [0.4, 0.5) is 5.69 Å². The Morgan fingerprint density at radius 2 is 2.10 bits per heavy atom. The van der Waals surface area contributed by atoms with E-state index in [-0.39, 0.29) is 6.04 Å². The van der Waals surface area contributed by atoms with Crippen molar-refractivity contribution in [2.45, 2.75) is 39.3 Å². The van der Waals surface area contributed by atoms with Gasteiger partial charge in [-0.05, 0) is 53.4 Å². The van der Waals surface area contributed by atoms with E-state index in [1.807, 2.05) is 0 Å². The van der Waals surface area contributed by atoms with Crippen LogP contribution in [0, 0.1) is 6.92 Å². The largest absolute Gasteiger partial charge is 0.369 e. The summed E-state index contributed by atoms with van der Waals surface area (Å²) in [4.78, 5) is 3.67. The first-order valence-corrected chi connectivity index (χ1v) is 8.96. The van der Waals surface area contributed by atoms with Crippen molar-refractivity contribution in [2.75, 3.05) is 11.9 Å². The molecule has 2 rings (SSSR count). The second kappa shape index (κ2) is 7.43. The van der Waals surface area contributed by atoms with Gasteiger partial charge in [-0.25, -0.2) is 0 Å². The molecule has 0 saturated heterocycles. The second-order valence-electron chi connectivity index (χ2n) is 5.59. The summed E-state index contributed by atoms with van der Waals surface area (Å²) in [5, 5.41) is 2.13. The number of nitrogens with zero attached hydrogens (tertiary/aromatic N) is 1. The third kappa shape index (κ3) is 4.56. The Kier molecular flexibility index (Phi) is 5.85. The molecule has 0 aliphatic carbocycles. The molecule has 0 bridgehead atoms. The van der Waals surface area contributed by atoms with Gasteiger partial charge < -0.3 is 10.6 Å². The summed E-state index contributed by atoms with van der Waals surface area (Å²) in [6.07, 6.45) is 1.95. The van der Waals surface area contributed by atoms with Crippen LogP contribution in [0.1, 0.15) is 29.3 Å². The molecule has 1 unspecified atom stereocenters. The molecule has 0 aliphatic rings. The van der Waals surface area contributed by atoms with Crippen LogP contribution in [0.15, 0.2) is 34.1 Å². The van der Waals surface area contributed by atoms with Crippen LogP contribution in [0.5, 0.6) is 0 Å². The van der Waals surface area contributed by atoms with E-state index in [1.54, 1.807) is 11.3 Å². The zero-order valence-corrected chi connectivity index (χ0v) is 15.3. The highest BCUT2D eigenvalue weighted by Gasteiger charge is 2.12. The summed E-state index contributed by atoms with van der Waals surface area (Å²) in [6.45, 7) is 5.21. The Bertz CT molecular complexity index is 594. The van der Waals surface area contributed by atoms with Crippen LogP contribution in [0.3, 0.4) is 0 Å². The van der Waals surface area contributed by atoms with Gasteiger partial charge in [0, 0.05) is 33.5 Å². The fourth-order valence-corrected chi connectivity index (χ4v) is 3.94. The SMILES string of the molecule is CCC(N)Cc1cc(C)ccc1N(C)Cc1cc(Br)cs1. The minimum absolute atomic E-state index is 0.231. The van der Waals surface area contributed by atoms with E-state index in [9.17, 15) is 0 Å². The number of benzene rings is 1. The number of rotatable bonds is 6. The lowest BCUT2D eigenvalue weighted by Crippen LogP contribution is -2.24. The van der Waals surface area contributed by atoms with Gasteiger partial charge in [-0.3, -0.25) is 0 Å². The van der Waals surface area contributed by atoms with Gasteiger partial charge in [0.15, 0.2) is 0 Å². The van der Waals surface area contributed by atoms with E-state index in [2.05, 4.69) is 71.4 Å². The number of hydrogen-bond donors (Lipinski definition) is 1. The Morgan fingerprint density at radius 3 is 2.71 bits per heavy atom. The standard InChI is InChI=1S/C17H23BrN2S/c1-4-15(19)8-13-7-12(2)5-6-17(13)20(3)10-16-9-14(18)11-21-16/h5-7,9,11,15H,4,8,10,19H2,1-3H3. The first-order valence-electron chi connectivity index (χ1n) is 7.28. The smallest absolute Gasteiger partial charge is 0.0520 e. The molecule has 2 nitrogen and oxygen atoms in total. The van der Waals surface area contributed by atoms with E-state index in [0.29, 0.717) is 0 Å². The summed E-state index contributed by atoms with van der Waals surface area (Å²) in [6, 6.07) is 9.08. The Labute approximate surface area is 140 Å². The molecule has 2 N–H and O–H groups in total. The van der Waals surface area contributed by atoms with Gasteiger partial charge in [-0.15, -0.1) is 11.3 Å². The lowest BCUT2D eigenvalue weighted by Gasteiger charge is -2.23. The minimum atomic E-state index is 0.231. The van der Waals surface area contributed by atoms with Crippen LogP contribution < -0.4 is 10.6 Å². The van der Waals surface area contributed by atoms with E-state index >= 15 is 0 Å². The van der Waals surface area contributed by atoms with Gasteiger partial charge in [-0.2, -0.15) is 0 Å². The topological polar surface area (TPSA) is 29.3 Å². The molecule has 0 radical (unpaired) electrons. The number of hydrogen-bond acceptors (Lipinski definition) is 3. The second-order valence-corrected chi connectivity index (χ2v) is 7.50. The lowest BCUT2D eigenvalue weighted by molar-refractivity contribution is 0.645. The maximum atomic E-state index is 6.16. The van der Waals surface area contributed by atoms with Crippen LogP contribution in [0.2, 0.25) is 0 Å². The van der Waals surface area contributed by atoms with Gasteiger partial charge in [0.25, 0.3) is 0 Å². The molecule has 1 aromatic heterocycles. The molecular weight excluding hydrogens is 344 g/mol. The van der Waals surface area contributed by atoms with Crippen molar-refractivity contribution in [3.05, 3.63) is 50.1 Å². The fourth-order valence-electron chi connectivity index (χ4n) is 2.43. The van der Waals surface area contributed by atoms with Crippen LogP contribution in [-0.4, -0.2) is 13.1 Å². The van der Waals surface area contributed by atoms with Crippen molar-refractivity contribution >= 4 is 33.0 Å². The fraction of sp³-hybridized carbons (Fsp3) is 0.412. The van der Waals surface area contributed by atoms with E-state index in [0.717, 1.165) is 23.9 Å². The molecule has 0 spiro atoms. The predicted molar refractivity (Wildman–Crippen MR) is 97.3 cm³/mol. The molecule has 0 fully saturated rings. The zero-order valence-electron chi connectivity index (χ0n) is 12.9. The molecule has 0 aliphatic heterocycles. The van der Waals surface area contributed by atoms with E-state index in [4.69, 9.17) is 5.73 Å². The average molecular weight is 367 g/mol. The third-order valence-electron chi connectivity index (χ3n) is 3.67. The van der Waals surface area contributed by atoms with Crippen molar-refractivity contribution in [3.8, 4) is 0 Å². The highest BCUT2D eigenvalue weighted by Crippen LogP contribution is 2.27. The Balaban J connectivity index is 2.20. The van der Waals surface area contributed by atoms with Gasteiger partial charge in [-0.1, -0.05) is 24.6 Å². The lowest BCUT2D eigenvalue weighted by atomic mass is 10.00. The molecule has 21 heavy (non-hydrogen) atoms. The first kappa shape index (κ1) is 16.5. The van der Waals surface area contributed by atoms with Crippen molar-refractivity contribution in [3.63, 3.8) is 0 Å². The van der Waals surface area contributed by atoms with Crippen molar-refractivity contribution in [1.29, 1.82) is 0 Å². The number of aryl methyl sites for hydroxylation is 1. The summed E-state index contributed by atoms with van der Waals surface area (Å²) < 4.78 is 1.16. The number of nitrogens with two attached hydrogens (primary N) is 1. The number of thiophene rings is 1. The molecule has 0 amide bonds. The van der Waals surface area contributed by atoms with Crippen LogP contribution in [0.25, 0.3) is 0 Å². The zero-order chi connectivity index (χ0) is 15.4. The molecule has 1 aromatic carbocycles. The van der Waals surface area contributed by atoms with Gasteiger partial charge in [0.1, 0.15) is 0 Å². The van der Waals surface area contributed by atoms with Gasteiger partial charge >= 0.3 is 0 Å². The van der Waals surface area contributed by atoms with E-state index in [1.165, 1.54) is 21.7 Å². The first-order chi connectivity index (χ1) is 9.99. The predicted octanol–water partition coefficient (Wildman–Crippen LogP) is 4.74. The molecular formula is C17H23BrN2S. The van der Waals surface area contributed by atoms with E-state index < -0.39 is 0 Å². The minimum Gasteiger partial charge on any atom is -0.369 e. The maximum absolute atomic E-state index is 6.16. The molecule has 1 heterocycles. The summed E-state index contributed by atoms with van der Waals surface area (Å²) in [5.41, 5.74) is 10.1. The third-order valence-corrected chi connectivity index (χ3v) is 5.35. The molecule has 2 aromatic rings. The van der Waals surface area contributed by atoms with Crippen LogP contribution in [-0.2, 0) is 13.0 Å². The maximum Gasteiger partial charge on any atom is 0.0520 e.